The van der Waals surface area contributed by atoms with Crippen LogP contribution in [0.1, 0.15) is 47.0 Å². The van der Waals surface area contributed by atoms with Crippen molar-refractivity contribution in [1.82, 2.24) is 0 Å². The monoisotopic (exact) mass is 252 g/mol. The molecule has 0 fully saturated rings. The first-order valence-corrected chi connectivity index (χ1v) is 6.72. The summed E-state index contributed by atoms with van der Waals surface area (Å²) in [5.41, 5.74) is 0.902. The number of allylic oxidation sites excluding steroid dienone is 1. The van der Waals surface area contributed by atoms with Gasteiger partial charge in [0.2, 0.25) is 0 Å². The zero-order valence-corrected chi connectivity index (χ0v) is 11.8. The fourth-order valence-corrected chi connectivity index (χ4v) is 2.49. The molecule has 3 heteroatoms. The minimum atomic E-state index is -0.618. The number of hydrogen-bond donors (Lipinski definition) is 1. The van der Waals surface area contributed by atoms with Crippen LogP contribution in [0.3, 0.4) is 0 Å². The summed E-state index contributed by atoms with van der Waals surface area (Å²) in [7, 11) is 0. The quantitative estimate of drug-likeness (QED) is 0.730. The van der Waals surface area contributed by atoms with Crippen molar-refractivity contribution in [2.75, 3.05) is 0 Å². The molecule has 18 heavy (non-hydrogen) atoms. The van der Waals surface area contributed by atoms with Crippen LogP contribution in [-0.2, 0) is 9.59 Å². The lowest BCUT2D eigenvalue weighted by Gasteiger charge is -2.23. The molecule has 0 saturated carbocycles. The number of hydrogen-bond acceptors (Lipinski definition) is 3. The van der Waals surface area contributed by atoms with Crippen LogP contribution in [0.4, 0.5) is 0 Å². The second-order valence-electron chi connectivity index (χ2n) is 5.88. The number of carbonyl (C=O) groups excluding carboxylic acids is 2. The highest BCUT2D eigenvalue weighted by molar-refractivity contribution is 5.90. The van der Waals surface area contributed by atoms with Crippen molar-refractivity contribution in [1.29, 1.82) is 0 Å². The molecular weight excluding hydrogens is 228 g/mol. The fourth-order valence-electron chi connectivity index (χ4n) is 2.49. The molecule has 0 aromatic rings. The second-order valence-corrected chi connectivity index (χ2v) is 5.88. The smallest absolute Gasteiger partial charge is 0.140 e. The van der Waals surface area contributed by atoms with Gasteiger partial charge >= 0.3 is 0 Å². The molecule has 0 aromatic carbocycles. The molecule has 0 radical (unpaired) electrons. The number of Topliss-reactive ketones (excluding diaryl/α,β-unsaturated/α-hetero) is 2. The standard InChI is InChI=1S/C15H24O3/c1-9(2)13-8-14(17)11(4)7-12(16)5-10(3)6-15(13)18/h5,9,11-13,16H,6-8H2,1-4H3/b10-5+/t11-,12+,13-/m0/s1. The topological polar surface area (TPSA) is 54.4 Å². The van der Waals surface area contributed by atoms with E-state index in [2.05, 4.69) is 0 Å². The van der Waals surface area contributed by atoms with Crippen molar-refractivity contribution in [3.05, 3.63) is 11.6 Å². The van der Waals surface area contributed by atoms with E-state index in [-0.39, 0.29) is 29.3 Å². The van der Waals surface area contributed by atoms with Crippen molar-refractivity contribution in [3.8, 4) is 0 Å². The van der Waals surface area contributed by atoms with Gasteiger partial charge in [-0.2, -0.15) is 0 Å². The first-order chi connectivity index (χ1) is 8.31. The van der Waals surface area contributed by atoms with Gasteiger partial charge in [-0.15, -0.1) is 0 Å². The van der Waals surface area contributed by atoms with Gasteiger partial charge in [-0.25, -0.2) is 0 Å². The average Bonchev–Trinajstić information content (AvgIpc) is 2.22. The van der Waals surface area contributed by atoms with E-state index in [4.69, 9.17) is 0 Å². The first-order valence-electron chi connectivity index (χ1n) is 6.72. The summed E-state index contributed by atoms with van der Waals surface area (Å²) < 4.78 is 0. The largest absolute Gasteiger partial charge is 0.389 e. The Labute approximate surface area is 109 Å². The molecule has 0 aliphatic heterocycles. The highest BCUT2D eigenvalue weighted by atomic mass is 16.3. The summed E-state index contributed by atoms with van der Waals surface area (Å²) in [4.78, 5) is 24.2. The summed E-state index contributed by atoms with van der Waals surface area (Å²) >= 11 is 0. The van der Waals surface area contributed by atoms with Gasteiger partial charge in [-0.3, -0.25) is 9.59 Å². The van der Waals surface area contributed by atoms with Crippen LogP contribution in [0.15, 0.2) is 11.6 Å². The average molecular weight is 252 g/mol. The molecule has 0 bridgehead atoms. The van der Waals surface area contributed by atoms with Gasteiger partial charge < -0.3 is 5.11 Å². The molecule has 0 saturated heterocycles. The van der Waals surface area contributed by atoms with Crippen LogP contribution in [0.25, 0.3) is 0 Å². The van der Waals surface area contributed by atoms with Crippen LogP contribution in [0, 0.1) is 17.8 Å². The maximum Gasteiger partial charge on any atom is 0.140 e. The number of ketones is 2. The van der Waals surface area contributed by atoms with Crippen LogP contribution >= 0.6 is 0 Å². The molecule has 102 valence electrons. The molecule has 1 aliphatic rings. The number of aliphatic hydroxyl groups excluding tert-OH is 1. The number of rotatable bonds is 1. The van der Waals surface area contributed by atoms with Gasteiger partial charge in [0.25, 0.3) is 0 Å². The summed E-state index contributed by atoms with van der Waals surface area (Å²) in [6, 6.07) is 0. The van der Waals surface area contributed by atoms with Gasteiger partial charge in [-0.1, -0.05) is 32.4 Å². The fraction of sp³-hybridized carbons (Fsp3) is 0.733. The number of carbonyl (C=O) groups is 2. The van der Waals surface area contributed by atoms with Crippen molar-refractivity contribution < 1.29 is 14.7 Å². The molecule has 0 unspecified atom stereocenters. The maximum atomic E-state index is 12.2. The third-order valence-corrected chi connectivity index (χ3v) is 3.71. The van der Waals surface area contributed by atoms with Gasteiger partial charge in [0, 0.05) is 24.7 Å². The van der Waals surface area contributed by atoms with Crippen LogP contribution in [-0.4, -0.2) is 22.8 Å². The lowest BCUT2D eigenvalue weighted by molar-refractivity contribution is -0.131. The SMILES string of the molecule is C/C1=C\[C@@H](O)C[C@H](C)C(=O)C[C@@H](C(C)C)C(=O)C1. The summed E-state index contributed by atoms with van der Waals surface area (Å²) in [6.07, 6.45) is 2.21. The predicted octanol–water partition coefficient (Wildman–Crippen LogP) is 2.52. The lowest BCUT2D eigenvalue weighted by atomic mass is 9.80. The van der Waals surface area contributed by atoms with Crippen molar-refractivity contribution in [3.63, 3.8) is 0 Å². The summed E-state index contributed by atoms with van der Waals surface area (Å²) in [6.45, 7) is 7.67. The summed E-state index contributed by atoms with van der Waals surface area (Å²) in [5, 5.41) is 9.81. The first kappa shape index (κ1) is 15.1. The van der Waals surface area contributed by atoms with Crippen LogP contribution in [0.5, 0.6) is 0 Å². The number of aliphatic hydroxyl groups is 1. The minimum Gasteiger partial charge on any atom is -0.389 e. The van der Waals surface area contributed by atoms with E-state index < -0.39 is 6.10 Å². The van der Waals surface area contributed by atoms with E-state index in [1.165, 1.54) is 0 Å². The Morgan fingerprint density at radius 1 is 1.28 bits per heavy atom. The van der Waals surface area contributed by atoms with Gasteiger partial charge in [0.05, 0.1) is 6.10 Å². The Hall–Kier alpha value is -0.960. The Morgan fingerprint density at radius 2 is 1.89 bits per heavy atom. The van der Waals surface area contributed by atoms with E-state index >= 15 is 0 Å². The summed E-state index contributed by atoms with van der Waals surface area (Å²) in [5.74, 6) is 0.0306. The van der Waals surface area contributed by atoms with Crippen molar-refractivity contribution in [2.45, 2.75) is 53.1 Å². The normalized spacial score (nSPS) is 34.3. The molecule has 0 spiro atoms. The van der Waals surface area contributed by atoms with Crippen molar-refractivity contribution >= 4 is 11.6 Å². The van der Waals surface area contributed by atoms with E-state index in [1.54, 1.807) is 6.08 Å². The van der Waals surface area contributed by atoms with E-state index in [0.29, 0.717) is 19.3 Å². The Morgan fingerprint density at radius 3 is 2.44 bits per heavy atom. The minimum absolute atomic E-state index is 0.0917. The van der Waals surface area contributed by atoms with E-state index in [0.717, 1.165) is 5.57 Å². The molecule has 3 nitrogen and oxygen atoms in total. The van der Waals surface area contributed by atoms with Gasteiger partial charge in [0.15, 0.2) is 0 Å². The van der Waals surface area contributed by atoms with E-state index in [9.17, 15) is 14.7 Å². The van der Waals surface area contributed by atoms with Gasteiger partial charge in [0.1, 0.15) is 11.6 Å². The highest BCUT2D eigenvalue weighted by Gasteiger charge is 2.28. The second kappa shape index (κ2) is 6.28. The molecule has 3 atom stereocenters. The maximum absolute atomic E-state index is 12.2. The van der Waals surface area contributed by atoms with Crippen LogP contribution in [0.2, 0.25) is 0 Å². The molecular formula is C15H24O3. The molecule has 1 aliphatic carbocycles. The van der Waals surface area contributed by atoms with Gasteiger partial charge in [-0.05, 0) is 19.3 Å². The Bertz CT molecular complexity index is 355. The lowest BCUT2D eigenvalue weighted by Crippen LogP contribution is -2.28. The van der Waals surface area contributed by atoms with E-state index in [1.807, 2.05) is 27.7 Å². The van der Waals surface area contributed by atoms with Crippen molar-refractivity contribution in [2.24, 2.45) is 17.8 Å². The Balaban J connectivity index is 2.98. The molecule has 1 N–H and O–H groups in total. The Kier molecular flexibility index (Phi) is 5.27. The zero-order chi connectivity index (χ0) is 13.9. The highest BCUT2D eigenvalue weighted by Crippen LogP contribution is 2.25. The molecule has 0 aromatic heterocycles. The molecule has 1 rings (SSSR count). The third kappa shape index (κ3) is 4.05. The third-order valence-electron chi connectivity index (χ3n) is 3.71. The molecule has 0 amide bonds. The van der Waals surface area contributed by atoms with Crippen LogP contribution < -0.4 is 0 Å². The molecule has 0 heterocycles. The predicted molar refractivity (Wildman–Crippen MR) is 71.1 cm³/mol. The zero-order valence-electron chi connectivity index (χ0n) is 11.8.